The molecule has 0 saturated heterocycles. The van der Waals surface area contributed by atoms with Gasteiger partial charge >= 0.3 is 0 Å². The average Bonchev–Trinajstić information content (AvgIpc) is 2.97. The van der Waals surface area contributed by atoms with Crippen LogP contribution in [0.3, 0.4) is 0 Å². The summed E-state index contributed by atoms with van der Waals surface area (Å²) in [5, 5.41) is 12.6. The molecule has 1 fully saturated rings. The number of hydrogen-bond acceptors (Lipinski definition) is 6. The van der Waals surface area contributed by atoms with Crippen molar-refractivity contribution in [1.82, 2.24) is 14.7 Å². The van der Waals surface area contributed by atoms with Crippen LogP contribution in [0.25, 0.3) is 0 Å². The molecule has 2 rings (SSSR count). The van der Waals surface area contributed by atoms with Crippen molar-refractivity contribution in [2.24, 2.45) is 0 Å². The van der Waals surface area contributed by atoms with Crippen LogP contribution in [0.4, 0.5) is 0 Å². The molecule has 1 saturated carbocycles. The summed E-state index contributed by atoms with van der Waals surface area (Å²) in [6.45, 7) is 2.00. The van der Waals surface area contributed by atoms with Crippen LogP contribution in [0, 0.1) is 11.3 Å². The van der Waals surface area contributed by atoms with E-state index in [0.717, 1.165) is 22.9 Å². The van der Waals surface area contributed by atoms with Gasteiger partial charge in [-0.25, -0.2) is 4.98 Å². The van der Waals surface area contributed by atoms with Crippen LogP contribution in [0.15, 0.2) is 10.7 Å². The lowest BCUT2D eigenvalue weighted by Gasteiger charge is -2.22. The minimum Gasteiger partial charge on any atom is -0.297 e. The number of rotatable bonds is 7. The molecule has 1 aromatic rings. The first kappa shape index (κ1) is 12.8. The maximum atomic E-state index is 9.21. The Morgan fingerprint density at radius 3 is 3.12 bits per heavy atom. The van der Waals surface area contributed by atoms with Crippen molar-refractivity contribution in [3.63, 3.8) is 0 Å². The van der Waals surface area contributed by atoms with Crippen LogP contribution in [0.2, 0.25) is 0 Å². The Balaban J connectivity index is 1.67. The van der Waals surface area contributed by atoms with Crippen LogP contribution in [0.5, 0.6) is 0 Å². The molecule has 1 aromatic heterocycles. The fourth-order valence-corrected chi connectivity index (χ4v) is 3.10. The summed E-state index contributed by atoms with van der Waals surface area (Å²) >= 11 is 3.15. The van der Waals surface area contributed by atoms with Gasteiger partial charge in [0, 0.05) is 11.8 Å². The van der Waals surface area contributed by atoms with E-state index in [1.165, 1.54) is 24.4 Å². The predicted octanol–water partition coefficient (Wildman–Crippen LogP) is 2.44. The molecule has 1 aliphatic carbocycles. The summed E-state index contributed by atoms with van der Waals surface area (Å²) in [6, 6.07) is 2.98. The van der Waals surface area contributed by atoms with Crippen LogP contribution in [-0.4, -0.2) is 26.7 Å². The Morgan fingerprint density at radius 2 is 2.53 bits per heavy atom. The predicted molar refractivity (Wildman–Crippen MR) is 70.0 cm³/mol. The van der Waals surface area contributed by atoms with Crippen LogP contribution < -0.4 is 5.32 Å². The number of nitrogens with zero attached hydrogens (tertiary/aromatic N) is 3. The number of nitriles is 1. The topological polar surface area (TPSA) is 61.6 Å². The summed E-state index contributed by atoms with van der Waals surface area (Å²) in [5.74, 6) is 0.999. The molecule has 17 heavy (non-hydrogen) atoms. The van der Waals surface area contributed by atoms with Gasteiger partial charge in [-0.1, -0.05) is 11.8 Å². The minimum absolute atomic E-state index is 0.358. The molecule has 0 aliphatic heterocycles. The number of nitrogens with one attached hydrogen (secondary N) is 1. The molecular formula is C11H16N4S2. The molecule has 1 N–H and O–H groups in total. The SMILES string of the molecule is CC(C#N)(CCCSc1ncns1)NC1CC1. The third-order valence-electron chi connectivity index (χ3n) is 2.73. The van der Waals surface area contributed by atoms with Crippen LogP contribution in [-0.2, 0) is 0 Å². The quantitative estimate of drug-likeness (QED) is 0.608. The third-order valence-corrected chi connectivity index (χ3v) is 4.62. The fourth-order valence-electron chi connectivity index (χ4n) is 1.65. The zero-order chi connectivity index (χ0) is 12.1. The first-order chi connectivity index (χ1) is 8.22. The van der Waals surface area contributed by atoms with E-state index < -0.39 is 0 Å². The second-order valence-corrected chi connectivity index (χ2v) is 6.64. The van der Waals surface area contributed by atoms with E-state index >= 15 is 0 Å². The standard InChI is InChI=1S/C11H16N4S2/c1-11(7-12,15-9-3-4-9)5-2-6-16-10-13-8-14-17-10/h8-9,15H,2-6H2,1H3. The monoisotopic (exact) mass is 268 g/mol. The fraction of sp³-hybridized carbons (Fsp3) is 0.727. The summed E-state index contributed by atoms with van der Waals surface area (Å²) in [4.78, 5) is 4.12. The summed E-state index contributed by atoms with van der Waals surface area (Å²) < 4.78 is 4.97. The molecule has 4 nitrogen and oxygen atoms in total. The lowest BCUT2D eigenvalue weighted by Crippen LogP contribution is -2.42. The number of hydrogen-bond donors (Lipinski definition) is 1. The Hall–Kier alpha value is -0.640. The molecule has 1 unspecified atom stereocenters. The molecular weight excluding hydrogens is 252 g/mol. The normalized spacial score (nSPS) is 18.6. The van der Waals surface area contributed by atoms with Gasteiger partial charge < -0.3 is 0 Å². The third kappa shape index (κ3) is 4.26. The minimum atomic E-state index is -0.358. The Labute approximate surface area is 110 Å². The lowest BCUT2D eigenvalue weighted by molar-refractivity contribution is 0.412. The zero-order valence-electron chi connectivity index (χ0n) is 9.85. The van der Waals surface area contributed by atoms with E-state index in [-0.39, 0.29) is 5.54 Å². The van der Waals surface area contributed by atoms with E-state index in [2.05, 4.69) is 20.7 Å². The second kappa shape index (κ2) is 5.80. The van der Waals surface area contributed by atoms with E-state index in [4.69, 9.17) is 0 Å². The first-order valence-corrected chi connectivity index (χ1v) is 7.56. The van der Waals surface area contributed by atoms with Gasteiger partial charge in [-0.05, 0) is 44.1 Å². The van der Waals surface area contributed by atoms with Crippen molar-refractivity contribution < 1.29 is 0 Å². The van der Waals surface area contributed by atoms with Crippen molar-refractivity contribution in [2.75, 3.05) is 5.75 Å². The largest absolute Gasteiger partial charge is 0.297 e. The maximum Gasteiger partial charge on any atom is 0.169 e. The van der Waals surface area contributed by atoms with Gasteiger partial charge in [-0.2, -0.15) is 9.64 Å². The highest BCUT2D eigenvalue weighted by Crippen LogP contribution is 2.26. The van der Waals surface area contributed by atoms with Crippen molar-refractivity contribution >= 4 is 23.3 Å². The Morgan fingerprint density at radius 1 is 1.71 bits per heavy atom. The van der Waals surface area contributed by atoms with Gasteiger partial charge in [0.25, 0.3) is 0 Å². The van der Waals surface area contributed by atoms with Gasteiger partial charge in [0.1, 0.15) is 11.9 Å². The smallest absolute Gasteiger partial charge is 0.169 e. The van der Waals surface area contributed by atoms with E-state index in [0.29, 0.717) is 6.04 Å². The Bertz CT molecular complexity index is 383. The molecule has 0 spiro atoms. The van der Waals surface area contributed by atoms with Gasteiger partial charge in [0.05, 0.1) is 6.07 Å². The second-order valence-electron chi connectivity index (χ2n) is 4.52. The molecule has 1 atom stereocenters. The summed E-state index contributed by atoms with van der Waals surface area (Å²) in [7, 11) is 0. The first-order valence-electron chi connectivity index (χ1n) is 5.80. The van der Waals surface area contributed by atoms with Gasteiger partial charge in [0.15, 0.2) is 4.34 Å². The average molecular weight is 268 g/mol. The summed E-state index contributed by atoms with van der Waals surface area (Å²) in [5.41, 5.74) is -0.358. The summed E-state index contributed by atoms with van der Waals surface area (Å²) in [6.07, 6.45) is 5.94. The maximum absolute atomic E-state index is 9.21. The van der Waals surface area contributed by atoms with Crippen molar-refractivity contribution in [3.05, 3.63) is 6.33 Å². The molecule has 1 heterocycles. The highest BCUT2D eigenvalue weighted by molar-refractivity contribution is 8.00. The van der Waals surface area contributed by atoms with E-state index in [9.17, 15) is 5.26 Å². The lowest BCUT2D eigenvalue weighted by atomic mass is 9.98. The van der Waals surface area contributed by atoms with Crippen molar-refractivity contribution in [1.29, 1.82) is 5.26 Å². The molecule has 0 amide bonds. The zero-order valence-corrected chi connectivity index (χ0v) is 11.5. The van der Waals surface area contributed by atoms with Crippen molar-refractivity contribution in [2.45, 2.75) is 48.5 Å². The van der Waals surface area contributed by atoms with Gasteiger partial charge in [0.2, 0.25) is 0 Å². The van der Waals surface area contributed by atoms with Crippen LogP contribution in [0.1, 0.15) is 32.6 Å². The van der Waals surface area contributed by atoms with E-state index in [1.54, 1.807) is 18.1 Å². The Kier molecular flexibility index (Phi) is 4.37. The molecule has 0 bridgehead atoms. The van der Waals surface area contributed by atoms with Gasteiger partial charge in [-0.3, -0.25) is 5.32 Å². The molecule has 0 aromatic carbocycles. The number of thioether (sulfide) groups is 1. The highest BCUT2D eigenvalue weighted by atomic mass is 32.2. The number of aromatic nitrogens is 2. The van der Waals surface area contributed by atoms with Crippen molar-refractivity contribution in [3.8, 4) is 6.07 Å². The molecule has 1 aliphatic rings. The molecule has 0 radical (unpaired) electrons. The van der Waals surface area contributed by atoms with E-state index in [1.807, 2.05) is 6.92 Å². The highest BCUT2D eigenvalue weighted by Gasteiger charge is 2.31. The molecule has 92 valence electrons. The molecule has 6 heteroatoms. The van der Waals surface area contributed by atoms with Gasteiger partial charge in [-0.15, -0.1) is 0 Å². The van der Waals surface area contributed by atoms with Crippen LogP contribution >= 0.6 is 23.3 Å².